The minimum atomic E-state index is -0.578. The van der Waals surface area contributed by atoms with Crippen molar-refractivity contribution in [3.05, 3.63) is 59.4 Å². The zero-order valence-corrected chi connectivity index (χ0v) is 17.4. The van der Waals surface area contributed by atoms with E-state index < -0.39 is 17.8 Å². The highest BCUT2D eigenvalue weighted by atomic mass is 32.1. The summed E-state index contributed by atoms with van der Waals surface area (Å²) in [6.45, 7) is 6.91. The van der Waals surface area contributed by atoms with Crippen LogP contribution in [0.15, 0.2) is 42.5 Å². The Morgan fingerprint density at radius 3 is 1.86 bits per heavy atom. The van der Waals surface area contributed by atoms with Crippen molar-refractivity contribution >= 4 is 40.6 Å². The van der Waals surface area contributed by atoms with Crippen LogP contribution in [0.25, 0.3) is 0 Å². The van der Waals surface area contributed by atoms with E-state index in [1.165, 1.54) is 30.3 Å². The van der Waals surface area contributed by atoms with E-state index in [1.54, 1.807) is 39.8 Å². The van der Waals surface area contributed by atoms with Gasteiger partial charge in [0.2, 0.25) is 0 Å². The Morgan fingerprint density at radius 2 is 1.38 bits per heavy atom. The van der Waals surface area contributed by atoms with Gasteiger partial charge in [-0.05, 0) is 76.3 Å². The molecule has 0 spiro atoms. The van der Waals surface area contributed by atoms with E-state index in [1.807, 2.05) is 0 Å². The molecule has 0 aliphatic rings. The van der Waals surface area contributed by atoms with Crippen LogP contribution in [0, 0.1) is 5.82 Å². The molecule has 0 heterocycles. The van der Waals surface area contributed by atoms with Crippen LogP contribution in [0.2, 0.25) is 0 Å². The van der Waals surface area contributed by atoms with E-state index in [4.69, 9.17) is 21.7 Å². The molecule has 0 unspecified atom stereocenters. The molecule has 154 valence electrons. The average molecular weight is 418 g/mol. The highest BCUT2D eigenvalue weighted by Crippen LogP contribution is 2.19. The maximum Gasteiger partial charge on any atom is 0.338 e. The second kappa shape index (κ2) is 9.97. The van der Waals surface area contributed by atoms with Crippen molar-refractivity contribution in [3.8, 4) is 0 Å². The van der Waals surface area contributed by atoms with Crippen LogP contribution in [0.3, 0.4) is 0 Å². The van der Waals surface area contributed by atoms with Gasteiger partial charge >= 0.3 is 11.9 Å². The molecule has 2 aromatic rings. The molecule has 6 nitrogen and oxygen atoms in total. The molecule has 0 aliphatic heterocycles. The maximum atomic E-state index is 13.3. The van der Waals surface area contributed by atoms with Crippen LogP contribution >= 0.6 is 12.2 Å². The minimum Gasteiger partial charge on any atom is -0.459 e. The lowest BCUT2D eigenvalue weighted by Crippen LogP contribution is -2.20. The fourth-order valence-electron chi connectivity index (χ4n) is 2.36. The molecule has 2 N–H and O–H groups in total. The molecule has 0 aromatic heterocycles. The quantitative estimate of drug-likeness (QED) is 0.517. The monoisotopic (exact) mass is 418 g/mol. The predicted molar refractivity (Wildman–Crippen MR) is 114 cm³/mol. The lowest BCUT2D eigenvalue weighted by Gasteiger charge is -2.15. The van der Waals surface area contributed by atoms with Gasteiger partial charge in [0.25, 0.3) is 0 Å². The molecule has 0 atom stereocenters. The third-order valence-electron chi connectivity index (χ3n) is 3.43. The Labute approximate surface area is 174 Å². The van der Waals surface area contributed by atoms with Crippen molar-refractivity contribution in [2.45, 2.75) is 39.9 Å². The summed E-state index contributed by atoms with van der Waals surface area (Å²) in [5.74, 6) is -1.56. The highest BCUT2D eigenvalue weighted by molar-refractivity contribution is 7.80. The van der Waals surface area contributed by atoms with Crippen molar-refractivity contribution in [3.63, 3.8) is 0 Å². The lowest BCUT2D eigenvalue weighted by molar-refractivity contribution is 0.0377. The van der Waals surface area contributed by atoms with Crippen LogP contribution in [0.5, 0.6) is 0 Å². The molecule has 29 heavy (non-hydrogen) atoms. The number of anilines is 2. The Balaban J connectivity index is 2.27. The van der Waals surface area contributed by atoms with E-state index in [2.05, 4.69) is 10.6 Å². The maximum absolute atomic E-state index is 13.3. The summed E-state index contributed by atoms with van der Waals surface area (Å²) < 4.78 is 23.8. The van der Waals surface area contributed by atoms with Crippen molar-refractivity contribution in [2.24, 2.45) is 0 Å². The third kappa shape index (κ3) is 7.15. The Hall–Kier alpha value is -3.00. The summed E-state index contributed by atoms with van der Waals surface area (Å²) in [6.07, 6.45) is -0.637. The summed E-state index contributed by atoms with van der Waals surface area (Å²) in [6, 6.07) is 10.2. The smallest absolute Gasteiger partial charge is 0.338 e. The SMILES string of the molecule is CC(C)OC(=O)c1cc(NC(=S)Nc2cccc(F)c2)cc(C(=O)OC(C)C)c1. The minimum absolute atomic E-state index is 0.160. The first-order valence-corrected chi connectivity index (χ1v) is 9.45. The molecular weight excluding hydrogens is 395 g/mol. The van der Waals surface area contributed by atoms with Gasteiger partial charge in [0.05, 0.1) is 23.3 Å². The number of halogens is 1. The molecule has 0 amide bonds. The number of rotatable bonds is 6. The van der Waals surface area contributed by atoms with Crippen LogP contribution in [-0.2, 0) is 9.47 Å². The van der Waals surface area contributed by atoms with Crippen molar-refractivity contribution in [2.75, 3.05) is 10.6 Å². The standard InChI is InChI=1S/C21H23FN2O4S/c1-12(2)27-19(25)14-8-15(20(26)28-13(3)4)10-18(9-14)24-21(29)23-17-7-5-6-16(22)11-17/h5-13H,1-4H3,(H2,23,24,29). The number of thiocarbonyl (C=S) groups is 1. The number of hydrogen-bond donors (Lipinski definition) is 2. The van der Waals surface area contributed by atoms with E-state index in [0.29, 0.717) is 11.4 Å². The van der Waals surface area contributed by atoms with Crippen molar-refractivity contribution in [1.82, 2.24) is 0 Å². The van der Waals surface area contributed by atoms with Gasteiger partial charge in [0.1, 0.15) is 5.82 Å². The summed E-state index contributed by atoms with van der Waals surface area (Å²) >= 11 is 5.24. The fraction of sp³-hybridized carbons (Fsp3) is 0.286. The first-order valence-electron chi connectivity index (χ1n) is 9.04. The topological polar surface area (TPSA) is 76.7 Å². The Kier molecular flexibility index (Phi) is 7.67. The zero-order chi connectivity index (χ0) is 21.6. The van der Waals surface area contributed by atoms with Gasteiger partial charge < -0.3 is 20.1 Å². The molecule has 2 aromatic carbocycles. The number of nitrogens with one attached hydrogen (secondary N) is 2. The third-order valence-corrected chi connectivity index (χ3v) is 3.63. The molecule has 0 fully saturated rings. The van der Waals surface area contributed by atoms with Crippen LogP contribution in [0.1, 0.15) is 48.4 Å². The molecule has 0 radical (unpaired) electrons. The molecule has 8 heteroatoms. The van der Waals surface area contributed by atoms with Gasteiger partial charge in [0.15, 0.2) is 5.11 Å². The van der Waals surface area contributed by atoms with Gasteiger partial charge in [0, 0.05) is 11.4 Å². The number of carbonyl (C=O) groups excluding carboxylic acids is 2. The summed E-state index contributed by atoms with van der Waals surface area (Å²) in [5, 5.41) is 5.89. The highest BCUT2D eigenvalue weighted by Gasteiger charge is 2.17. The number of ether oxygens (including phenoxy) is 2. The first-order chi connectivity index (χ1) is 13.6. The zero-order valence-electron chi connectivity index (χ0n) is 16.6. The number of benzene rings is 2. The van der Waals surface area contributed by atoms with Crippen molar-refractivity contribution in [1.29, 1.82) is 0 Å². The first kappa shape index (κ1) is 22.3. The van der Waals surface area contributed by atoms with Gasteiger partial charge in [-0.3, -0.25) is 0 Å². The Bertz CT molecular complexity index is 875. The van der Waals surface area contributed by atoms with E-state index in [9.17, 15) is 14.0 Å². The summed E-state index contributed by atoms with van der Waals surface area (Å²) in [5.41, 5.74) is 1.19. The second-order valence-electron chi connectivity index (χ2n) is 6.80. The second-order valence-corrected chi connectivity index (χ2v) is 7.20. The summed E-state index contributed by atoms with van der Waals surface area (Å²) in [4.78, 5) is 24.7. The van der Waals surface area contributed by atoms with E-state index in [-0.39, 0.29) is 28.4 Å². The number of hydrogen-bond acceptors (Lipinski definition) is 5. The number of esters is 2. The predicted octanol–water partition coefficient (Wildman–Crippen LogP) is 4.77. The molecule has 0 aliphatic carbocycles. The van der Waals surface area contributed by atoms with Crippen LogP contribution < -0.4 is 10.6 Å². The largest absolute Gasteiger partial charge is 0.459 e. The van der Waals surface area contributed by atoms with Crippen LogP contribution in [-0.4, -0.2) is 29.3 Å². The number of carbonyl (C=O) groups is 2. The summed E-state index contributed by atoms with van der Waals surface area (Å²) in [7, 11) is 0. The average Bonchev–Trinajstić information content (AvgIpc) is 2.60. The van der Waals surface area contributed by atoms with E-state index in [0.717, 1.165) is 0 Å². The molecular formula is C21H23FN2O4S. The van der Waals surface area contributed by atoms with Gasteiger partial charge in [-0.2, -0.15) is 0 Å². The van der Waals surface area contributed by atoms with Crippen LogP contribution in [0.4, 0.5) is 15.8 Å². The molecule has 0 saturated carbocycles. The molecule has 2 rings (SSSR count). The molecule has 0 bridgehead atoms. The van der Waals surface area contributed by atoms with E-state index >= 15 is 0 Å². The molecule has 0 saturated heterocycles. The lowest BCUT2D eigenvalue weighted by atomic mass is 10.1. The van der Waals surface area contributed by atoms with Gasteiger partial charge in [-0.25, -0.2) is 14.0 Å². The van der Waals surface area contributed by atoms with Gasteiger partial charge in [-0.1, -0.05) is 6.07 Å². The Morgan fingerprint density at radius 1 is 0.862 bits per heavy atom. The normalized spacial score (nSPS) is 10.6. The fourth-order valence-corrected chi connectivity index (χ4v) is 2.60. The van der Waals surface area contributed by atoms with Gasteiger partial charge in [-0.15, -0.1) is 0 Å². The van der Waals surface area contributed by atoms with Crippen molar-refractivity contribution < 1.29 is 23.5 Å².